The Balaban J connectivity index is 1.39. The zero-order valence-electron chi connectivity index (χ0n) is 20.2. The second-order valence-corrected chi connectivity index (χ2v) is 11.4. The minimum atomic E-state index is -1.35. The van der Waals surface area contributed by atoms with Crippen LogP contribution >= 0.6 is 0 Å². The van der Waals surface area contributed by atoms with Gasteiger partial charge in [0.05, 0.1) is 18.8 Å². The van der Waals surface area contributed by atoms with Crippen molar-refractivity contribution in [2.45, 2.75) is 69.5 Å². The number of hydrogen-bond acceptors (Lipinski definition) is 9. The topological polar surface area (TPSA) is 118 Å². The zero-order valence-corrected chi connectivity index (χ0v) is 21.0. The Kier molecular flexibility index (Phi) is 8.23. The fourth-order valence-corrected chi connectivity index (χ4v) is 4.66. The van der Waals surface area contributed by atoms with Crippen molar-refractivity contribution in [3.8, 4) is 11.5 Å². The molecule has 0 spiro atoms. The molecule has 1 unspecified atom stereocenters. The van der Waals surface area contributed by atoms with Gasteiger partial charge in [-0.3, -0.25) is 0 Å². The van der Waals surface area contributed by atoms with E-state index < -0.39 is 33.8 Å². The van der Waals surface area contributed by atoms with E-state index >= 15 is 0 Å². The lowest BCUT2D eigenvalue weighted by molar-refractivity contribution is -0.175. The summed E-state index contributed by atoms with van der Waals surface area (Å²) in [5, 5.41) is 12.2. The fraction of sp³-hybridized carbons (Fsp3) is 0.542. The van der Waals surface area contributed by atoms with Gasteiger partial charge in [0.15, 0.2) is 0 Å². The number of ether oxygens (including phenoxy) is 2. The van der Waals surface area contributed by atoms with Gasteiger partial charge in [0.1, 0.15) is 28.6 Å². The molecule has 1 aromatic carbocycles. The van der Waals surface area contributed by atoms with E-state index in [1.807, 2.05) is 20.8 Å². The summed E-state index contributed by atoms with van der Waals surface area (Å²) in [6, 6.07) is 7.55. The highest BCUT2D eigenvalue weighted by Gasteiger charge is 2.40. The number of halogens is 1. The van der Waals surface area contributed by atoms with E-state index in [-0.39, 0.29) is 17.3 Å². The zero-order chi connectivity index (χ0) is 24.9. The van der Waals surface area contributed by atoms with E-state index in [0.29, 0.717) is 31.7 Å². The second kappa shape index (κ2) is 11.2. The first kappa shape index (κ1) is 25.8. The summed E-state index contributed by atoms with van der Waals surface area (Å²) in [4.78, 5) is 0. The van der Waals surface area contributed by atoms with Gasteiger partial charge in [0, 0.05) is 23.8 Å². The van der Waals surface area contributed by atoms with Gasteiger partial charge in [-0.15, -0.1) is 14.9 Å². The maximum absolute atomic E-state index is 14.2. The predicted octanol–water partition coefficient (Wildman–Crippen LogP) is 4.81. The molecule has 0 saturated carbocycles. The van der Waals surface area contributed by atoms with Gasteiger partial charge in [-0.2, -0.15) is 0 Å². The van der Waals surface area contributed by atoms with Crippen molar-refractivity contribution < 1.29 is 27.4 Å². The molecule has 11 heteroatoms. The summed E-state index contributed by atoms with van der Waals surface area (Å²) in [5.74, 6) is -0.929. The largest absolute Gasteiger partial charge is 0.598 e. The lowest BCUT2D eigenvalue weighted by Crippen LogP contribution is -2.41. The first-order chi connectivity index (χ1) is 16.8. The molecule has 3 heterocycles. The molecule has 1 saturated heterocycles. The van der Waals surface area contributed by atoms with E-state index in [1.54, 1.807) is 24.3 Å². The molecule has 0 aliphatic carbocycles. The molecule has 3 aromatic rings. The lowest BCUT2D eigenvalue weighted by Gasteiger charge is -2.27. The quantitative estimate of drug-likeness (QED) is 0.289. The number of aromatic nitrogens is 3. The molecule has 1 fully saturated rings. The van der Waals surface area contributed by atoms with Gasteiger partial charge >= 0.3 is 0 Å². The number of nitrogens with one attached hydrogen (secondary N) is 1. The molecule has 2 aromatic heterocycles. The molecule has 0 radical (unpaired) electrons. The van der Waals surface area contributed by atoms with Crippen LogP contribution < -0.4 is 4.72 Å². The van der Waals surface area contributed by atoms with E-state index in [9.17, 15) is 8.94 Å². The summed E-state index contributed by atoms with van der Waals surface area (Å²) in [5.41, 5.74) is 0.873. The van der Waals surface area contributed by atoms with Crippen LogP contribution in [0.5, 0.6) is 0 Å². The Hall–Kier alpha value is -2.31. The van der Waals surface area contributed by atoms with Crippen LogP contribution in [0.2, 0.25) is 0 Å². The minimum Gasteiger partial charge on any atom is -0.598 e. The van der Waals surface area contributed by atoms with Gasteiger partial charge in [0.25, 0.3) is 5.89 Å². The van der Waals surface area contributed by atoms with Crippen LogP contribution in [0, 0.1) is 5.82 Å². The standard InChI is InChI=1S/C24H31FN4O5S/c1-23(2,3)35(30)29-19(22-27-26-21(34-22)17-9-6-7-10-18(17)25)11-5-4-8-13-24(31-15-16-32-24)20-12-14-33-28-20/h6-7,9-10,12,14,19,29H,4-5,8,11,13,15-16H2,1-3H3/t19?,35-/m1/s1. The molecule has 0 amide bonds. The molecule has 1 aliphatic heterocycles. The molecule has 35 heavy (non-hydrogen) atoms. The molecule has 4 rings (SSSR count). The summed E-state index contributed by atoms with van der Waals surface area (Å²) in [7, 11) is 0. The third kappa shape index (κ3) is 6.28. The third-order valence-corrected chi connectivity index (χ3v) is 7.34. The van der Waals surface area contributed by atoms with Crippen molar-refractivity contribution in [2.75, 3.05) is 13.2 Å². The molecule has 0 bridgehead atoms. The average molecular weight is 507 g/mol. The Morgan fingerprint density at radius 1 is 1.11 bits per heavy atom. The van der Waals surface area contributed by atoms with E-state index in [2.05, 4.69) is 20.1 Å². The smallest absolute Gasteiger partial charge is 0.250 e. The SMILES string of the molecule is CC(C)(C)[S@@+]([O-])NC(CCCCCC1(c2ccon2)OCCO1)c1nnc(-c2ccccc2F)o1. The van der Waals surface area contributed by atoms with Crippen molar-refractivity contribution in [1.82, 2.24) is 20.1 Å². The highest BCUT2D eigenvalue weighted by molar-refractivity contribution is 7.90. The Labute approximate surface area is 207 Å². The normalized spacial score (nSPS) is 17.5. The van der Waals surface area contributed by atoms with Crippen molar-refractivity contribution in [1.29, 1.82) is 0 Å². The van der Waals surface area contributed by atoms with Crippen molar-refractivity contribution in [3.05, 3.63) is 54.0 Å². The fourth-order valence-electron chi connectivity index (χ4n) is 3.82. The Morgan fingerprint density at radius 3 is 2.57 bits per heavy atom. The lowest BCUT2D eigenvalue weighted by atomic mass is 10.0. The van der Waals surface area contributed by atoms with Gasteiger partial charge in [-0.1, -0.05) is 30.1 Å². The highest BCUT2D eigenvalue weighted by Crippen LogP contribution is 2.36. The summed E-state index contributed by atoms with van der Waals surface area (Å²) < 4.78 is 52.2. The van der Waals surface area contributed by atoms with Crippen LogP contribution in [0.3, 0.4) is 0 Å². The van der Waals surface area contributed by atoms with Crippen LogP contribution in [0.1, 0.15) is 70.5 Å². The maximum atomic E-state index is 14.2. The van der Waals surface area contributed by atoms with E-state index in [4.69, 9.17) is 18.4 Å². The van der Waals surface area contributed by atoms with Crippen LogP contribution in [-0.4, -0.2) is 37.9 Å². The van der Waals surface area contributed by atoms with Gasteiger partial charge in [-0.25, -0.2) is 4.39 Å². The molecular formula is C24H31FN4O5S. The van der Waals surface area contributed by atoms with Crippen LogP contribution in [-0.2, 0) is 26.6 Å². The second-order valence-electron chi connectivity index (χ2n) is 9.41. The summed E-state index contributed by atoms with van der Waals surface area (Å²) in [6.45, 7) is 6.68. The number of nitrogens with zero attached hydrogens (tertiary/aromatic N) is 3. The van der Waals surface area contributed by atoms with Gasteiger partial charge < -0.3 is 23.0 Å². The van der Waals surface area contributed by atoms with Crippen molar-refractivity contribution in [2.24, 2.45) is 0 Å². The van der Waals surface area contributed by atoms with Crippen LogP contribution in [0.25, 0.3) is 11.5 Å². The molecule has 9 nitrogen and oxygen atoms in total. The summed E-state index contributed by atoms with van der Waals surface area (Å²) >= 11 is -1.35. The maximum Gasteiger partial charge on any atom is 0.250 e. The molecular weight excluding hydrogens is 475 g/mol. The van der Waals surface area contributed by atoms with Gasteiger partial charge in [-0.05, 0) is 45.7 Å². The Morgan fingerprint density at radius 2 is 1.89 bits per heavy atom. The predicted molar refractivity (Wildman–Crippen MR) is 127 cm³/mol. The minimum absolute atomic E-state index is 0.0940. The van der Waals surface area contributed by atoms with E-state index in [1.165, 1.54) is 12.3 Å². The molecule has 190 valence electrons. The molecule has 2 atom stereocenters. The number of hydrogen-bond donors (Lipinski definition) is 1. The monoisotopic (exact) mass is 506 g/mol. The first-order valence-electron chi connectivity index (χ1n) is 11.7. The number of benzene rings is 1. The van der Waals surface area contributed by atoms with Crippen molar-refractivity contribution >= 4 is 11.4 Å². The first-order valence-corrected chi connectivity index (χ1v) is 12.9. The van der Waals surface area contributed by atoms with E-state index in [0.717, 1.165) is 19.3 Å². The van der Waals surface area contributed by atoms with Crippen molar-refractivity contribution in [3.63, 3.8) is 0 Å². The van der Waals surface area contributed by atoms with Gasteiger partial charge in [0.2, 0.25) is 11.7 Å². The van der Waals surface area contributed by atoms with Crippen LogP contribution in [0.4, 0.5) is 4.39 Å². The third-order valence-electron chi connectivity index (χ3n) is 5.73. The number of rotatable bonds is 11. The summed E-state index contributed by atoms with van der Waals surface area (Å²) in [6.07, 6.45) is 5.25. The highest BCUT2D eigenvalue weighted by atomic mass is 32.2. The Bertz CT molecular complexity index is 1070. The molecule has 1 aliphatic rings. The number of unbranched alkanes of at least 4 members (excludes halogenated alkanes) is 2. The van der Waals surface area contributed by atoms with Crippen LogP contribution in [0.15, 0.2) is 45.5 Å². The average Bonchev–Trinajstić information content (AvgIpc) is 3.60. The molecule has 1 N–H and O–H groups in total.